The number of fused-ring (bicyclic) bond motifs is 1. The molecule has 1 aliphatic heterocycles. The fraction of sp³-hybridized carbons (Fsp3) is 0.655. The summed E-state index contributed by atoms with van der Waals surface area (Å²) in [6.45, 7) is 13.8. The molecule has 214 valence electrons. The number of ether oxygens (including phenoxy) is 3. The molecule has 39 heavy (non-hydrogen) atoms. The number of likely N-dealkylation sites (tertiary alicyclic amines) is 1. The average Bonchev–Trinajstić information content (AvgIpc) is 3.17. The summed E-state index contributed by atoms with van der Waals surface area (Å²) in [5.74, 6) is -0.332. The van der Waals surface area contributed by atoms with Gasteiger partial charge in [-0.15, -0.1) is 0 Å². The number of carbonyl (C=O) groups is 2. The van der Waals surface area contributed by atoms with Gasteiger partial charge in [-0.2, -0.15) is 10.4 Å². The van der Waals surface area contributed by atoms with Crippen molar-refractivity contribution in [1.29, 1.82) is 5.26 Å². The zero-order valence-electron chi connectivity index (χ0n) is 24.8. The molecule has 3 atom stereocenters. The molecular formula is C29H43N5O5. The summed E-state index contributed by atoms with van der Waals surface area (Å²) in [6, 6.07) is 8.31. The first-order valence-electron chi connectivity index (χ1n) is 13.4. The van der Waals surface area contributed by atoms with E-state index in [0.717, 1.165) is 16.6 Å². The third-order valence-electron chi connectivity index (χ3n) is 6.74. The summed E-state index contributed by atoms with van der Waals surface area (Å²) in [6.07, 6.45) is 0.581. The van der Waals surface area contributed by atoms with Gasteiger partial charge in [0.15, 0.2) is 0 Å². The van der Waals surface area contributed by atoms with E-state index in [-0.39, 0.29) is 30.6 Å². The zero-order chi connectivity index (χ0) is 29.2. The van der Waals surface area contributed by atoms with Crippen LogP contribution in [0.25, 0.3) is 10.9 Å². The predicted molar refractivity (Wildman–Crippen MR) is 149 cm³/mol. The van der Waals surface area contributed by atoms with Crippen molar-refractivity contribution >= 4 is 28.7 Å². The van der Waals surface area contributed by atoms with E-state index in [0.29, 0.717) is 31.6 Å². The molecule has 1 aromatic heterocycles. The Hall–Kier alpha value is -3.32. The van der Waals surface area contributed by atoms with Crippen LogP contribution in [0.5, 0.6) is 0 Å². The Labute approximate surface area is 231 Å². The number of nitrogens with zero attached hydrogens (tertiary/aromatic N) is 4. The standard InChI is InChI=1S/C29H43N5O5/c1-27(2,3)38-24(35)12-14-29(7,18-30)25-20-11-10-19(16-22(20)33(8)32-25)31-21-13-15-34(17-23(21)37-9)26(36)39-28(4,5)6/h10-11,16,21,23,31H,12-15,17H2,1-9H3/t21-,23-,29?/m1/s1. The number of rotatable bonds is 7. The fourth-order valence-electron chi connectivity index (χ4n) is 4.75. The summed E-state index contributed by atoms with van der Waals surface area (Å²) in [4.78, 5) is 26.6. The maximum Gasteiger partial charge on any atom is 0.410 e. The molecule has 1 amide bonds. The van der Waals surface area contributed by atoms with Crippen LogP contribution >= 0.6 is 0 Å². The van der Waals surface area contributed by atoms with Crippen molar-refractivity contribution in [3.8, 4) is 6.07 Å². The van der Waals surface area contributed by atoms with Gasteiger partial charge in [-0.3, -0.25) is 9.48 Å². The molecule has 0 radical (unpaired) electrons. The van der Waals surface area contributed by atoms with Gasteiger partial charge < -0.3 is 24.4 Å². The van der Waals surface area contributed by atoms with Crippen LogP contribution in [0.2, 0.25) is 0 Å². The van der Waals surface area contributed by atoms with Crippen LogP contribution in [0.15, 0.2) is 18.2 Å². The van der Waals surface area contributed by atoms with E-state index >= 15 is 0 Å². The van der Waals surface area contributed by atoms with E-state index in [4.69, 9.17) is 19.3 Å². The third-order valence-corrected chi connectivity index (χ3v) is 6.74. The Morgan fingerprint density at radius 1 is 1.13 bits per heavy atom. The Morgan fingerprint density at radius 2 is 1.79 bits per heavy atom. The first-order valence-corrected chi connectivity index (χ1v) is 13.4. The van der Waals surface area contributed by atoms with Gasteiger partial charge in [0.1, 0.15) is 11.2 Å². The van der Waals surface area contributed by atoms with Crippen LogP contribution in [0.3, 0.4) is 0 Å². The number of nitriles is 1. The summed E-state index contributed by atoms with van der Waals surface area (Å²) < 4.78 is 18.5. The number of amides is 1. The molecule has 1 aliphatic rings. The number of aromatic nitrogens is 2. The Kier molecular flexibility index (Phi) is 8.85. The molecule has 2 aromatic rings. The van der Waals surface area contributed by atoms with E-state index in [2.05, 4.69) is 11.4 Å². The van der Waals surface area contributed by atoms with E-state index in [1.807, 2.05) is 73.7 Å². The third kappa shape index (κ3) is 7.63. The molecule has 1 aromatic carbocycles. The number of nitrogens with one attached hydrogen (secondary N) is 1. The number of hydrogen-bond donors (Lipinski definition) is 1. The molecule has 0 saturated carbocycles. The molecule has 1 N–H and O–H groups in total. The van der Waals surface area contributed by atoms with Crippen LogP contribution < -0.4 is 5.32 Å². The lowest BCUT2D eigenvalue weighted by atomic mass is 9.82. The Balaban J connectivity index is 1.75. The van der Waals surface area contributed by atoms with Crippen molar-refractivity contribution in [1.82, 2.24) is 14.7 Å². The minimum atomic E-state index is -0.957. The summed E-state index contributed by atoms with van der Waals surface area (Å²) in [5, 5.41) is 19.2. The van der Waals surface area contributed by atoms with E-state index in [1.54, 1.807) is 16.7 Å². The highest BCUT2D eigenvalue weighted by atomic mass is 16.6. The molecular weight excluding hydrogens is 498 g/mol. The van der Waals surface area contributed by atoms with Crippen molar-refractivity contribution in [2.24, 2.45) is 7.05 Å². The smallest absolute Gasteiger partial charge is 0.410 e. The topological polar surface area (TPSA) is 119 Å². The minimum Gasteiger partial charge on any atom is -0.460 e. The normalized spacial score (nSPS) is 19.7. The van der Waals surface area contributed by atoms with Gasteiger partial charge >= 0.3 is 12.1 Å². The molecule has 10 heteroatoms. The van der Waals surface area contributed by atoms with E-state index in [1.165, 1.54) is 0 Å². The second kappa shape index (κ2) is 11.4. The van der Waals surface area contributed by atoms with Gasteiger partial charge in [0.25, 0.3) is 0 Å². The van der Waals surface area contributed by atoms with E-state index in [9.17, 15) is 14.9 Å². The number of carbonyl (C=O) groups excluding carboxylic acids is 2. The van der Waals surface area contributed by atoms with Gasteiger partial charge in [-0.05, 0) is 79.5 Å². The van der Waals surface area contributed by atoms with Gasteiger partial charge in [0, 0.05) is 38.2 Å². The molecule has 1 unspecified atom stereocenters. The highest BCUT2D eigenvalue weighted by Crippen LogP contribution is 2.35. The molecule has 10 nitrogen and oxygen atoms in total. The average molecular weight is 542 g/mol. The number of anilines is 1. The number of benzene rings is 1. The zero-order valence-corrected chi connectivity index (χ0v) is 24.8. The van der Waals surface area contributed by atoms with Crippen molar-refractivity contribution in [3.63, 3.8) is 0 Å². The van der Waals surface area contributed by atoms with Crippen molar-refractivity contribution in [3.05, 3.63) is 23.9 Å². The lowest BCUT2D eigenvalue weighted by molar-refractivity contribution is -0.155. The first kappa shape index (κ1) is 30.2. The summed E-state index contributed by atoms with van der Waals surface area (Å²) in [5.41, 5.74) is 0.314. The lowest BCUT2D eigenvalue weighted by Gasteiger charge is -2.38. The first-order chi connectivity index (χ1) is 18.0. The van der Waals surface area contributed by atoms with Crippen LogP contribution in [0.1, 0.15) is 73.4 Å². The largest absolute Gasteiger partial charge is 0.460 e. The SMILES string of the molecule is CO[C@@H]1CN(C(=O)OC(C)(C)C)CC[C@H]1Nc1ccc2c(C(C)(C#N)CCC(=O)OC(C)(C)C)nn(C)c2c1. The maximum atomic E-state index is 12.5. The number of esters is 1. The number of methoxy groups -OCH3 is 1. The second-order valence-corrected chi connectivity index (χ2v) is 12.5. The molecule has 1 saturated heterocycles. The second-order valence-electron chi connectivity index (χ2n) is 12.5. The van der Waals surface area contributed by atoms with Crippen LogP contribution in [0, 0.1) is 11.3 Å². The van der Waals surface area contributed by atoms with E-state index < -0.39 is 16.6 Å². The van der Waals surface area contributed by atoms with Crippen LogP contribution in [-0.2, 0) is 31.5 Å². The molecule has 2 heterocycles. The van der Waals surface area contributed by atoms with Crippen LogP contribution in [-0.4, -0.2) is 70.3 Å². The highest BCUT2D eigenvalue weighted by molar-refractivity contribution is 5.86. The quantitative estimate of drug-likeness (QED) is 0.491. The Morgan fingerprint density at radius 3 is 2.38 bits per heavy atom. The lowest BCUT2D eigenvalue weighted by Crippen LogP contribution is -2.53. The van der Waals surface area contributed by atoms with Gasteiger partial charge in [-0.25, -0.2) is 4.79 Å². The van der Waals surface area contributed by atoms with Crippen molar-refractivity contribution in [2.45, 2.75) is 96.5 Å². The molecule has 3 rings (SSSR count). The summed E-state index contributed by atoms with van der Waals surface area (Å²) in [7, 11) is 3.49. The number of aryl methyl sites for hydroxylation is 1. The maximum absolute atomic E-state index is 12.5. The highest BCUT2D eigenvalue weighted by Gasteiger charge is 2.35. The number of hydrogen-bond acceptors (Lipinski definition) is 8. The minimum absolute atomic E-state index is 0.00274. The Bertz CT molecular complexity index is 1240. The van der Waals surface area contributed by atoms with Crippen LogP contribution in [0.4, 0.5) is 10.5 Å². The van der Waals surface area contributed by atoms with Gasteiger partial charge in [0.05, 0.1) is 41.4 Å². The molecule has 0 spiro atoms. The molecule has 0 aliphatic carbocycles. The summed E-state index contributed by atoms with van der Waals surface area (Å²) >= 11 is 0. The monoisotopic (exact) mass is 541 g/mol. The predicted octanol–water partition coefficient (Wildman–Crippen LogP) is 4.91. The van der Waals surface area contributed by atoms with Crippen molar-refractivity contribution in [2.75, 3.05) is 25.5 Å². The van der Waals surface area contributed by atoms with Crippen molar-refractivity contribution < 1.29 is 23.8 Å². The molecule has 0 bridgehead atoms. The van der Waals surface area contributed by atoms with Gasteiger partial charge in [-0.1, -0.05) is 0 Å². The number of piperidine rings is 1. The van der Waals surface area contributed by atoms with Gasteiger partial charge in [0.2, 0.25) is 0 Å². The molecule has 1 fully saturated rings. The fourth-order valence-corrected chi connectivity index (χ4v) is 4.75.